The van der Waals surface area contributed by atoms with E-state index in [2.05, 4.69) is 31.9 Å². The predicted molar refractivity (Wildman–Crippen MR) is 67.6 cm³/mol. The molecule has 0 N–H and O–H groups in total. The van der Waals surface area contributed by atoms with Gasteiger partial charge in [-0.3, -0.25) is 4.98 Å². The van der Waals surface area contributed by atoms with E-state index in [9.17, 15) is 0 Å². The monoisotopic (exact) mass is 288 g/mol. The first-order valence-electron chi connectivity index (χ1n) is 5.27. The van der Waals surface area contributed by atoms with E-state index in [-0.39, 0.29) is 0 Å². The van der Waals surface area contributed by atoms with Gasteiger partial charge in [0.2, 0.25) is 0 Å². The van der Waals surface area contributed by atoms with E-state index < -0.39 is 0 Å². The zero-order valence-electron chi connectivity index (χ0n) is 8.55. The summed E-state index contributed by atoms with van der Waals surface area (Å²) in [6, 6.07) is 2.06. The second kappa shape index (κ2) is 5.17. The highest BCUT2D eigenvalue weighted by Crippen LogP contribution is 2.30. The minimum absolute atomic E-state index is 0.461. The van der Waals surface area contributed by atoms with Crippen molar-refractivity contribution in [3.05, 3.63) is 22.4 Å². The number of rotatable bonds is 2. The molecule has 2 nitrogen and oxygen atoms in total. The summed E-state index contributed by atoms with van der Waals surface area (Å²) >= 11 is 9.42. The van der Waals surface area contributed by atoms with Crippen molar-refractivity contribution in [1.82, 2.24) is 4.98 Å². The van der Waals surface area contributed by atoms with Crippen LogP contribution in [0.2, 0.25) is 0 Å². The summed E-state index contributed by atoms with van der Waals surface area (Å²) < 4.78 is 1.06. The fourth-order valence-electron chi connectivity index (χ4n) is 1.95. The second-order valence-electron chi connectivity index (χ2n) is 3.77. The van der Waals surface area contributed by atoms with Crippen LogP contribution in [0.3, 0.4) is 0 Å². The lowest BCUT2D eigenvalue weighted by Gasteiger charge is -2.29. The third kappa shape index (κ3) is 2.45. The van der Waals surface area contributed by atoms with E-state index in [0.29, 0.717) is 5.88 Å². The number of nitrogens with zero attached hydrogens (tertiary/aromatic N) is 2. The molecule has 0 atom stereocenters. The Morgan fingerprint density at radius 3 is 2.73 bits per heavy atom. The molecule has 0 bridgehead atoms. The van der Waals surface area contributed by atoms with Gasteiger partial charge in [-0.2, -0.15) is 0 Å². The molecule has 0 spiro atoms. The molecule has 0 unspecified atom stereocenters. The number of hydrogen-bond acceptors (Lipinski definition) is 2. The molecule has 0 aliphatic carbocycles. The van der Waals surface area contributed by atoms with Crippen molar-refractivity contribution in [1.29, 1.82) is 0 Å². The van der Waals surface area contributed by atoms with Gasteiger partial charge >= 0.3 is 0 Å². The fraction of sp³-hybridized carbons (Fsp3) is 0.545. The number of piperidine rings is 1. The third-order valence-electron chi connectivity index (χ3n) is 2.76. The van der Waals surface area contributed by atoms with Gasteiger partial charge in [0.15, 0.2) is 0 Å². The van der Waals surface area contributed by atoms with Gasteiger partial charge in [0.05, 0.1) is 21.7 Å². The van der Waals surface area contributed by atoms with Crippen molar-refractivity contribution in [3.63, 3.8) is 0 Å². The molecule has 1 aliphatic rings. The van der Waals surface area contributed by atoms with Crippen LogP contribution in [-0.4, -0.2) is 18.1 Å². The van der Waals surface area contributed by atoms with E-state index in [4.69, 9.17) is 11.6 Å². The molecule has 82 valence electrons. The number of hydrogen-bond donors (Lipinski definition) is 0. The maximum Gasteiger partial charge on any atom is 0.0714 e. The van der Waals surface area contributed by atoms with Crippen molar-refractivity contribution in [3.8, 4) is 0 Å². The Hall–Kier alpha value is -0.280. The average molecular weight is 290 g/mol. The first-order valence-corrected chi connectivity index (χ1v) is 6.60. The van der Waals surface area contributed by atoms with Gasteiger partial charge in [-0.1, -0.05) is 0 Å². The first kappa shape index (κ1) is 11.2. The topological polar surface area (TPSA) is 16.1 Å². The molecule has 0 saturated carbocycles. The first-order chi connectivity index (χ1) is 7.33. The minimum atomic E-state index is 0.461. The molecular weight excluding hydrogens is 275 g/mol. The minimum Gasteiger partial charge on any atom is -0.371 e. The van der Waals surface area contributed by atoms with Crippen molar-refractivity contribution >= 4 is 33.2 Å². The summed E-state index contributed by atoms with van der Waals surface area (Å²) in [6.45, 7) is 2.29. The highest BCUT2D eigenvalue weighted by molar-refractivity contribution is 9.10. The van der Waals surface area contributed by atoms with Gasteiger partial charge in [-0.15, -0.1) is 11.6 Å². The van der Waals surface area contributed by atoms with E-state index in [1.165, 1.54) is 24.9 Å². The van der Waals surface area contributed by atoms with E-state index in [1.54, 1.807) is 0 Å². The summed E-state index contributed by atoms with van der Waals surface area (Å²) in [5.41, 5.74) is 2.17. The average Bonchev–Trinajstić information content (AvgIpc) is 2.30. The Morgan fingerprint density at radius 1 is 1.33 bits per heavy atom. The van der Waals surface area contributed by atoms with Gasteiger partial charge < -0.3 is 4.90 Å². The van der Waals surface area contributed by atoms with Crippen LogP contribution in [0.4, 0.5) is 5.69 Å². The van der Waals surface area contributed by atoms with Crippen LogP contribution >= 0.6 is 27.5 Å². The molecule has 0 amide bonds. The van der Waals surface area contributed by atoms with Crippen molar-refractivity contribution < 1.29 is 0 Å². The predicted octanol–water partition coefficient (Wildman–Crippen LogP) is 3.57. The Morgan fingerprint density at radius 2 is 2.07 bits per heavy atom. The standard InChI is InChI=1S/C11H14BrClN2/c12-11-9(8-13)14-5-4-10(11)15-6-2-1-3-7-15/h4-5H,1-3,6-8H2. The number of alkyl halides is 1. The van der Waals surface area contributed by atoms with Crippen LogP contribution < -0.4 is 4.90 Å². The van der Waals surface area contributed by atoms with Crippen LogP contribution in [0.5, 0.6) is 0 Å². The molecular formula is C11H14BrClN2. The van der Waals surface area contributed by atoms with E-state index in [0.717, 1.165) is 23.3 Å². The summed E-state index contributed by atoms with van der Waals surface area (Å²) in [5, 5.41) is 0. The van der Waals surface area contributed by atoms with Gasteiger partial charge in [0.1, 0.15) is 0 Å². The van der Waals surface area contributed by atoms with Crippen LogP contribution in [0.1, 0.15) is 25.0 Å². The Kier molecular flexibility index (Phi) is 3.87. The Bertz CT molecular complexity index is 337. The summed E-state index contributed by atoms with van der Waals surface area (Å²) in [7, 11) is 0. The molecule has 1 fully saturated rings. The number of aromatic nitrogens is 1. The van der Waals surface area contributed by atoms with Gasteiger partial charge in [-0.05, 0) is 41.3 Å². The smallest absolute Gasteiger partial charge is 0.0714 e. The summed E-state index contributed by atoms with van der Waals surface area (Å²) in [6.07, 6.45) is 5.75. The molecule has 2 heterocycles. The molecule has 15 heavy (non-hydrogen) atoms. The van der Waals surface area contributed by atoms with Gasteiger partial charge in [0, 0.05) is 19.3 Å². The third-order valence-corrected chi connectivity index (χ3v) is 3.88. The van der Waals surface area contributed by atoms with Crippen molar-refractivity contribution in [2.75, 3.05) is 18.0 Å². The highest BCUT2D eigenvalue weighted by Gasteiger charge is 2.15. The molecule has 0 aromatic carbocycles. The number of pyridine rings is 1. The van der Waals surface area contributed by atoms with E-state index >= 15 is 0 Å². The van der Waals surface area contributed by atoms with Crippen molar-refractivity contribution in [2.24, 2.45) is 0 Å². The molecule has 1 aromatic rings. The van der Waals surface area contributed by atoms with Crippen LogP contribution in [0.15, 0.2) is 16.7 Å². The maximum absolute atomic E-state index is 5.83. The van der Waals surface area contributed by atoms with Gasteiger partial charge in [0.25, 0.3) is 0 Å². The summed E-state index contributed by atoms with van der Waals surface area (Å²) in [4.78, 5) is 6.65. The maximum atomic E-state index is 5.83. The normalized spacial score (nSPS) is 16.8. The SMILES string of the molecule is ClCc1nccc(N2CCCCC2)c1Br. The molecule has 1 aliphatic heterocycles. The number of halogens is 2. The van der Waals surface area contributed by atoms with Crippen LogP contribution in [-0.2, 0) is 5.88 Å². The lowest BCUT2D eigenvalue weighted by Crippen LogP contribution is -2.29. The van der Waals surface area contributed by atoms with Crippen molar-refractivity contribution in [2.45, 2.75) is 25.1 Å². The van der Waals surface area contributed by atoms with Crippen LogP contribution in [0.25, 0.3) is 0 Å². The lowest BCUT2D eigenvalue weighted by atomic mass is 10.1. The highest BCUT2D eigenvalue weighted by atomic mass is 79.9. The Labute approximate surface area is 104 Å². The quantitative estimate of drug-likeness (QED) is 0.774. The van der Waals surface area contributed by atoms with E-state index in [1.807, 2.05) is 6.20 Å². The largest absolute Gasteiger partial charge is 0.371 e. The second-order valence-corrected chi connectivity index (χ2v) is 4.83. The summed E-state index contributed by atoms with van der Waals surface area (Å²) in [5.74, 6) is 0.461. The fourth-order valence-corrected chi connectivity index (χ4v) is 2.94. The molecule has 4 heteroatoms. The molecule has 1 saturated heterocycles. The lowest BCUT2D eigenvalue weighted by molar-refractivity contribution is 0.577. The molecule has 2 rings (SSSR count). The number of anilines is 1. The zero-order valence-corrected chi connectivity index (χ0v) is 10.9. The van der Waals surface area contributed by atoms with Crippen LogP contribution in [0, 0.1) is 0 Å². The molecule has 1 aromatic heterocycles. The Balaban J connectivity index is 2.26. The zero-order chi connectivity index (χ0) is 10.7. The van der Waals surface area contributed by atoms with Gasteiger partial charge in [-0.25, -0.2) is 0 Å². The molecule has 0 radical (unpaired) electrons.